The van der Waals surface area contributed by atoms with Crippen molar-refractivity contribution in [3.05, 3.63) is 16.1 Å². The van der Waals surface area contributed by atoms with Crippen LogP contribution >= 0.6 is 11.3 Å². The number of nitrogens with zero attached hydrogens (tertiary/aromatic N) is 1. The van der Waals surface area contributed by atoms with Crippen LogP contribution < -0.4 is 5.32 Å². The van der Waals surface area contributed by atoms with Gasteiger partial charge in [-0.05, 0) is 39.5 Å². The van der Waals surface area contributed by atoms with Crippen molar-refractivity contribution in [3.63, 3.8) is 0 Å². The van der Waals surface area contributed by atoms with Crippen LogP contribution in [-0.4, -0.2) is 43.5 Å². The van der Waals surface area contributed by atoms with Crippen molar-refractivity contribution < 1.29 is 9.47 Å². The summed E-state index contributed by atoms with van der Waals surface area (Å²) in [7, 11) is 0. The average molecular weight is 310 g/mol. The largest absolute Gasteiger partial charge is 0.381 e. The maximum atomic E-state index is 5.97. The summed E-state index contributed by atoms with van der Waals surface area (Å²) in [5.41, 5.74) is 3.44. The first-order valence-corrected chi connectivity index (χ1v) is 8.96. The molecule has 2 heterocycles. The first-order chi connectivity index (χ1) is 10.3. The molecule has 5 heteroatoms. The average Bonchev–Trinajstić information content (AvgIpc) is 2.92. The molecule has 1 saturated carbocycles. The lowest BCUT2D eigenvalue weighted by Gasteiger charge is -2.57. The Labute approximate surface area is 131 Å². The van der Waals surface area contributed by atoms with Crippen LogP contribution in [0.1, 0.15) is 36.8 Å². The quantitative estimate of drug-likeness (QED) is 0.877. The zero-order chi connectivity index (χ0) is 14.7. The molecule has 1 spiro atoms. The third-order valence-corrected chi connectivity index (χ3v) is 6.16. The highest BCUT2D eigenvalue weighted by Gasteiger charge is 2.55. The van der Waals surface area contributed by atoms with Crippen LogP contribution in [0.4, 0.5) is 0 Å². The molecule has 1 saturated heterocycles. The number of aryl methyl sites for hydroxylation is 1. The molecule has 2 aliphatic rings. The van der Waals surface area contributed by atoms with Gasteiger partial charge in [0.05, 0.1) is 17.3 Å². The van der Waals surface area contributed by atoms with Crippen molar-refractivity contribution in [1.82, 2.24) is 10.3 Å². The lowest BCUT2D eigenvalue weighted by molar-refractivity contribution is -0.172. The lowest BCUT2D eigenvalue weighted by atomic mass is 9.57. The van der Waals surface area contributed by atoms with E-state index in [1.807, 2.05) is 5.51 Å². The molecule has 0 radical (unpaired) electrons. The molecule has 0 aromatic carbocycles. The van der Waals surface area contributed by atoms with Crippen LogP contribution in [0.5, 0.6) is 0 Å². The normalized spacial score (nSPS) is 27.7. The van der Waals surface area contributed by atoms with E-state index in [1.165, 1.54) is 10.6 Å². The molecule has 21 heavy (non-hydrogen) atoms. The van der Waals surface area contributed by atoms with Crippen LogP contribution in [0.25, 0.3) is 0 Å². The number of ether oxygens (including phenoxy) is 2. The molecule has 3 rings (SSSR count). The Balaban J connectivity index is 1.54. The van der Waals surface area contributed by atoms with Gasteiger partial charge in [-0.15, -0.1) is 11.3 Å². The standard InChI is InChI=1S/C16H26N2O2S/c1-3-20-15-10-14(16(15)5-8-19-9-6-16)17-7-4-13-12(2)18-11-21-13/h11,14-15,17H,3-10H2,1-2H3/t14-,15+/m0/s1. The fraction of sp³-hybridized carbons (Fsp3) is 0.812. The number of aromatic nitrogens is 1. The lowest BCUT2D eigenvalue weighted by Crippen LogP contribution is -2.65. The van der Waals surface area contributed by atoms with Crippen molar-refractivity contribution in [2.45, 2.75) is 51.7 Å². The van der Waals surface area contributed by atoms with Crippen molar-refractivity contribution in [2.24, 2.45) is 5.41 Å². The Morgan fingerprint density at radius 3 is 2.95 bits per heavy atom. The second kappa shape index (κ2) is 6.73. The molecule has 0 bridgehead atoms. The summed E-state index contributed by atoms with van der Waals surface area (Å²) >= 11 is 1.77. The molecule has 0 amide bonds. The van der Waals surface area contributed by atoms with Crippen LogP contribution in [0.2, 0.25) is 0 Å². The van der Waals surface area contributed by atoms with Gasteiger partial charge in [0.25, 0.3) is 0 Å². The van der Waals surface area contributed by atoms with Crippen molar-refractivity contribution in [3.8, 4) is 0 Å². The Kier molecular flexibility index (Phi) is 4.94. The maximum absolute atomic E-state index is 5.97. The van der Waals surface area contributed by atoms with Crippen LogP contribution in [0, 0.1) is 12.3 Å². The first kappa shape index (κ1) is 15.4. The molecule has 1 aliphatic carbocycles. The van der Waals surface area contributed by atoms with Crippen LogP contribution in [0.15, 0.2) is 5.51 Å². The van der Waals surface area contributed by atoms with E-state index in [0.717, 1.165) is 52.0 Å². The SMILES string of the molecule is CCO[C@@H]1C[C@H](NCCc2scnc2C)C12CCOCC2. The van der Waals surface area contributed by atoms with Gasteiger partial charge in [0.15, 0.2) is 0 Å². The fourth-order valence-corrected chi connectivity index (χ4v) is 4.60. The summed E-state index contributed by atoms with van der Waals surface area (Å²) in [6, 6.07) is 0.589. The Hall–Kier alpha value is -0.490. The van der Waals surface area contributed by atoms with Gasteiger partial charge in [-0.25, -0.2) is 4.98 Å². The highest BCUT2D eigenvalue weighted by molar-refractivity contribution is 7.09. The number of rotatable bonds is 6. The van der Waals surface area contributed by atoms with E-state index in [0.29, 0.717) is 17.6 Å². The molecule has 2 atom stereocenters. The van der Waals surface area contributed by atoms with E-state index in [-0.39, 0.29) is 0 Å². The molecule has 1 N–H and O–H groups in total. The summed E-state index contributed by atoms with van der Waals surface area (Å²) in [4.78, 5) is 5.73. The van der Waals surface area contributed by atoms with Crippen molar-refractivity contribution >= 4 is 11.3 Å². The molecule has 118 valence electrons. The molecule has 0 unspecified atom stereocenters. The summed E-state index contributed by atoms with van der Waals surface area (Å²) in [5.74, 6) is 0. The molecular formula is C16H26N2O2S. The van der Waals surface area contributed by atoms with Gasteiger partial charge in [-0.3, -0.25) is 0 Å². The van der Waals surface area contributed by atoms with E-state index in [2.05, 4.69) is 24.1 Å². The van der Waals surface area contributed by atoms with E-state index in [1.54, 1.807) is 11.3 Å². The van der Waals surface area contributed by atoms with E-state index >= 15 is 0 Å². The van der Waals surface area contributed by atoms with Gasteiger partial charge in [0, 0.05) is 42.7 Å². The number of hydrogen-bond acceptors (Lipinski definition) is 5. The predicted octanol–water partition coefficient (Wildman–Crippen LogP) is 2.56. The summed E-state index contributed by atoms with van der Waals surface area (Å²) in [6.45, 7) is 7.82. The fourth-order valence-electron chi connectivity index (χ4n) is 3.82. The van der Waals surface area contributed by atoms with Gasteiger partial charge in [-0.2, -0.15) is 0 Å². The zero-order valence-electron chi connectivity index (χ0n) is 13.1. The van der Waals surface area contributed by atoms with Gasteiger partial charge in [0.1, 0.15) is 0 Å². The third kappa shape index (κ3) is 3.02. The Morgan fingerprint density at radius 2 is 2.29 bits per heavy atom. The van der Waals surface area contributed by atoms with Gasteiger partial charge >= 0.3 is 0 Å². The monoisotopic (exact) mass is 310 g/mol. The van der Waals surface area contributed by atoms with Crippen molar-refractivity contribution in [1.29, 1.82) is 0 Å². The number of hydrogen-bond donors (Lipinski definition) is 1. The number of thiazole rings is 1. The summed E-state index contributed by atoms with van der Waals surface area (Å²) < 4.78 is 11.5. The summed E-state index contributed by atoms with van der Waals surface area (Å²) in [6.07, 6.45) is 4.92. The Morgan fingerprint density at radius 1 is 1.48 bits per heavy atom. The first-order valence-electron chi connectivity index (χ1n) is 8.08. The van der Waals surface area contributed by atoms with E-state index in [9.17, 15) is 0 Å². The minimum Gasteiger partial charge on any atom is -0.381 e. The maximum Gasteiger partial charge on any atom is 0.0797 e. The molecule has 1 aromatic rings. The second-order valence-electron chi connectivity index (χ2n) is 6.14. The van der Waals surface area contributed by atoms with Crippen LogP contribution in [0.3, 0.4) is 0 Å². The molecule has 1 aliphatic heterocycles. The van der Waals surface area contributed by atoms with Gasteiger partial charge < -0.3 is 14.8 Å². The zero-order valence-corrected chi connectivity index (χ0v) is 13.9. The third-order valence-electron chi connectivity index (χ3n) is 5.16. The topological polar surface area (TPSA) is 43.4 Å². The molecule has 1 aromatic heterocycles. The molecule has 2 fully saturated rings. The minimum absolute atomic E-state index is 0.316. The molecule has 4 nitrogen and oxygen atoms in total. The minimum atomic E-state index is 0.316. The van der Waals surface area contributed by atoms with Gasteiger partial charge in [-0.1, -0.05) is 0 Å². The van der Waals surface area contributed by atoms with E-state index in [4.69, 9.17) is 9.47 Å². The van der Waals surface area contributed by atoms with Crippen molar-refractivity contribution in [2.75, 3.05) is 26.4 Å². The van der Waals surface area contributed by atoms with Gasteiger partial charge in [0.2, 0.25) is 0 Å². The second-order valence-corrected chi connectivity index (χ2v) is 7.08. The molecular weight excluding hydrogens is 284 g/mol. The highest BCUT2D eigenvalue weighted by Crippen LogP contribution is 2.50. The predicted molar refractivity (Wildman–Crippen MR) is 84.9 cm³/mol. The van der Waals surface area contributed by atoms with Crippen LogP contribution in [-0.2, 0) is 15.9 Å². The summed E-state index contributed by atoms with van der Waals surface area (Å²) in [5, 5.41) is 3.78. The highest BCUT2D eigenvalue weighted by atomic mass is 32.1. The Bertz CT molecular complexity index is 457. The number of nitrogens with one attached hydrogen (secondary N) is 1. The smallest absolute Gasteiger partial charge is 0.0797 e. The van der Waals surface area contributed by atoms with E-state index < -0.39 is 0 Å².